The van der Waals surface area contributed by atoms with Crippen molar-refractivity contribution in [3.63, 3.8) is 0 Å². The summed E-state index contributed by atoms with van der Waals surface area (Å²) < 4.78 is 10.7. The van der Waals surface area contributed by atoms with Gasteiger partial charge in [-0.3, -0.25) is 9.69 Å². The lowest BCUT2D eigenvalue weighted by molar-refractivity contribution is -0.148. The molecule has 1 saturated heterocycles. The molecule has 174 valence electrons. The van der Waals surface area contributed by atoms with E-state index in [-0.39, 0.29) is 25.5 Å². The number of nitrogens with one attached hydrogen (secondary N) is 1. The van der Waals surface area contributed by atoms with Crippen molar-refractivity contribution in [3.8, 4) is 0 Å². The van der Waals surface area contributed by atoms with E-state index in [0.717, 1.165) is 11.1 Å². The van der Waals surface area contributed by atoms with E-state index < -0.39 is 24.0 Å². The molecule has 3 rings (SSSR count). The summed E-state index contributed by atoms with van der Waals surface area (Å²) in [5.74, 6) is -1.39. The summed E-state index contributed by atoms with van der Waals surface area (Å²) in [5.41, 5.74) is 1.63. The van der Waals surface area contributed by atoms with Gasteiger partial charge < -0.3 is 19.7 Å². The molecule has 0 saturated carbocycles. The number of ether oxygens (including phenoxy) is 2. The molecular weight excluding hydrogens is 442 g/mol. The van der Waals surface area contributed by atoms with E-state index in [1.54, 1.807) is 19.0 Å². The summed E-state index contributed by atoms with van der Waals surface area (Å²) >= 11 is 5.24. The summed E-state index contributed by atoms with van der Waals surface area (Å²) in [6.45, 7) is 0.450. The van der Waals surface area contributed by atoms with Crippen molar-refractivity contribution >= 4 is 35.3 Å². The molecule has 0 radical (unpaired) electrons. The number of hydrogen-bond acceptors (Lipinski definition) is 6. The fourth-order valence-electron chi connectivity index (χ4n) is 3.52. The van der Waals surface area contributed by atoms with Gasteiger partial charge in [0.2, 0.25) is 5.91 Å². The number of hydrogen-bond donors (Lipinski definition) is 1. The quantitative estimate of drug-likeness (QED) is 0.470. The molecule has 2 atom stereocenters. The van der Waals surface area contributed by atoms with Crippen LogP contribution >= 0.6 is 12.2 Å². The monoisotopic (exact) mass is 469 g/mol. The smallest absolute Gasteiger partial charge is 0.408 e. The Hall–Kier alpha value is -3.46. The Kier molecular flexibility index (Phi) is 8.37. The number of nitrogens with zero attached hydrogens (tertiary/aromatic N) is 2. The number of thiocarbonyl (C=S) groups is 1. The van der Waals surface area contributed by atoms with Crippen molar-refractivity contribution in [1.29, 1.82) is 0 Å². The lowest BCUT2D eigenvalue weighted by Gasteiger charge is -2.37. The predicted molar refractivity (Wildman–Crippen MR) is 126 cm³/mol. The van der Waals surface area contributed by atoms with Crippen molar-refractivity contribution in [2.24, 2.45) is 5.92 Å². The summed E-state index contributed by atoms with van der Waals surface area (Å²) in [4.78, 5) is 41.2. The van der Waals surface area contributed by atoms with Gasteiger partial charge in [-0.15, -0.1) is 0 Å². The molecule has 1 aliphatic rings. The minimum atomic E-state index is -1.06. The van der Waals surface area contributed by atoms with Crippen molar-refractivity contribution in [3.05, 3.63) is 71.8 Å². The SMILES string of the molecule is CN1C[C@H](C[C@H](NC(=O)OCc2ccccc2)C(=O)OCc2ccccc2)C(=O)N(C)C1=S. The number of alkyl carbamates (subject to hydrolysis) is 1. The van der Waals surface area contributed by atoms with Gasteiger partial charge in [0.1, 0.15) is 19.3 Å². The fourth-order valence-corrected chi connectivity index (χ4v) is 3.69. The van der Waals surface area contributed by atoms with Crippen LogP contribution in [0.25, 0.3) is 0 Å². The van der Waals surface area contributed by atoms with E-state index in [0.29, 0.717) is 11.7 Å². The second kappa shape index (κ2) is 11.4. The van der Waals surface area contributed by atoms with Crippen LogP contribution in [0, 0.1) is 5.92 Å². The van der Waals surface area contributed by atoms with Crippen LogP contribution in [-0.4, -0.2) is 59.6 Å². The van der Waals surface area contributed by atoms with Crippen LogP contribution in [0.5, 0.6) is 0 Å². The Morgan fingerprint density at radius 1 is 1.00 bits per heavy atom. The molecule has 9 heteroatoms. The molecule has 1 N–H and O–H groups in total. The van der Waals surface area contributed by atoms with Crippen molar-refractivity contribution in [1.82, 2.24) is 15.1 Å². The van der Waals surface area contributed by atoms with Crippen LogP contribution in [-0.2, 0) is 32.3 Å². The van der Waals surface area contributed by atoms with Crippen molar-refractivity contribution in [2.45, 2.75) is 25.7 Å². The number of rotatable bonds is 8. The number of carbonyl (C=O) groups is 3. The molecule has 8 nitrogen and oxygen atoms in total. The maximum atomic E-state index is 12.9. The summed E-state index contributed by atoms with van der Waals surface area (Å²) in [6.07, 6.45) is -0.703. The zero-order valence-corrected chi connectivity index (χ0v) is 19.4. The normalized spacial score (nSPS) is 16.8. The zero-order chi connectivity index (χ0) is 23.8. The number of esters is 1. The molecule has 1 fully saturated rings. The van der Waals surface area contributed by atoms with Crippen LogP contribution < -0.4 is 5.32 Å². The molecular formula is C24H27N3O5S. The second-order valence-electron chi connectivity index (χ2n) is 7.84. The molecule has 2 amide bonds. The highest BCUT2D eigenvalue weighted by Crippen LogP contribution is 2.19. The summed E-state index contributed by atoms with van der Waals surface area (Å²) in [6, 6.07) is 17.4. The third-order valence-corrected chi connectivity index (χ3v) is 5.91. The largest absolute Gasteiger partial charge is 0.459 e. The van der Waals surface area contributed by atoms with Gasteiger partial charge in [0.25, 0.3) is 0 Å². The first-order valence-electron chi connectivity index (χ1n) is 10.6. The van der Waals surface area contributed by atoms with E-state index in [1.165, 1.54) is 4.90 Å². The first kappa shape index (κ1) is 24.2. The van der Waals surface area contributed by atoms with Gasteiger partial charge in [-0.25, -0.2) is 9.59 Å². The van der Waals surface area contributed by atoms with Gasteiger partial charge >= 0.3 is 12.1 Å². The number of carbonyl (C=O) groups excluding carboxylic acids is 3. The average molecular weight is 470 g/mol. The Morgan fingerprint density at radius 2 is 1.55 bits per heavy atom. The van der Waals surface area contributed by atoms with Crippen LogP contribution in [0.15, 0.2) is 60.7 Å². The third kappa shape index (κ3) is 6.76. The molecule has 1 aliphatic heterocycles. The number of amides is 2. The Balaban J connectivity index is 1.66. The molecule has 0 bridgehead atoms. The van der Waals surface area contributed by atoms with Crippen LogP contribution in [0.4, 0.5) is 4.79 Å². The Bertz CT molecular complexity index is 986. The standard InChI is InChI=1S/C24H27N3O5S/c1-26-14-19(21(28)27(2)24(26)33)13-20(22(29)31-15-17-9-5-3-6-10-17)25-23(30)32-16-18-11-7-4-8-12-18/h3-12,19-20H,13-16H2,1-2H3,(H,25,30)/t19-,20-/m0/s1. The van der Waals surface area contributed by atoms with E-state index in [4.69, 9.17) is 21.7 Å². The van der Waals surface area contributed by atoms with E-state index in [1.807, 2.05) is 60.7 Å². The van der Waals surface area contributed by atoms with E-state index in [9.17, 15) is 14.4 Å². The number of benzene rings is 2. The van der Waals surface area contributed by atoms with Crippen LogP contribution in [0.3, 0.4) is 0 Å². The van der Waals surface area contributed by atoms with Gasteiger partial charge in [-0.1, -0.05) is 60.7 Å². The molecule has 2 aromatic rings. The van der Waals surface area contributed by atoms with Crippen molar-refractivity contribution < 1.29 is 23.9 Å². The Labute approximate surface area is 198 Å². The maximum absolute atomic E-state index is 12.9. The fraction of sp³-hybridized carbons (Fsp3) is 0.333. The first-order valence-corrected chi connectivity index (χ1v) is 11.0. The van der Waals surface area contributed by atoms with Gasteiger partial charge in [-0.2, -0.15) is 0 Å². The van der Waals surface area contributed by atoms with Gasteiger partial charge in [0.05, 0.1) is 5.92 Å². The average Bonchev–Trinajstić information content (AvgIpc) is 2.84. The maximum Gasteiger partial charge on any atom is 0.408 e. The molecule has 1 heterocycles. The summed E-state index contributed by atoms with van der Waals surface area (Å²) in [7, 11) is 3.38. The molecule has 0 unspecified atom stereocenters. The second-order valence-corrected chi connectivity index (χ2v) is 8.21. The highest BCUT2D eigenvalue weighted by atomic mass is 32.1. The van der Waals surface area contributed by atoms with Crippen LogP contribution in [0.2, 0.25) is 0 Å². The first-order chi connectivity index (χ1) is 15.8. The molecule has 0 spiro atoms. The van der Waals surface area contributed by atoms with Gasteiger partial charge in [-0.05, 0) is 29.8 Å². The van der Waals surface area contributed by atoms with Crippen molar-refractivity contribution in [2.75, 3.05) is 20.6 Å². The predicted octanol–water partition coefficient (Wildman–Crippen LogP) is 2.72. The third-order valence-electron chi connectivity index (χ3n) is 5.32. The van der Waals surface area contributed by atoms with Crippen LogP contribution in [0.1, 0.15) is 17.5 Å². The minimum absolute atomic E-state index is 0.0550. The lowest BCUT2D eigenvalue weighted by Crippen LogP contribution is -2.55. The molecule has 2 aromatic carbocycles. The Morgan fingerprint density at radius 3 is 2.12 bits per heavy atom. The topological polar surface area (TPSA) is 88.2 Å². The minimum Gasteiger partial charge on any atom is -0.459 e. The molecule has 33 heavy (non-hydrogen) atoms. The highest BCUT2D eigenvalue weighted by Gasteiger charge is 2.37. The highest BCUT2D eigenvalue weighted by molar-refractivity contribution is 7.80. The zero-order valence-electron chi connectivity index (χ0n) is 18.6. The molecule has 0 aromatic heterocycles. The molecule has 0 aliphatic carbocycles. The lowest BCUT2D eigenvalue weighted by atomic mass is 9.96. The summed E-state index contributed by atoms with van der Waals surface area (Å²) in [5, 5.41) is 2.99. The van der Waals surface area contributed by atoms with E-state index in [2.05, 4.69) is 5.32 Å². The van der Waals surface area contributed by atoms with Gasteiger partial charge in [0.15, 0.2) is 5.11 Å². The van der Waals surface area contributed by atoms with E-state index >= 15 is 0 Å². The van der Waals surface area contributed by atoms with Gasteiger partial charge in [0, 0.05) is 20.6 Å².